The number of rotatable bonds is 35. The van der Waals surface area contributed by atoms with Crippen molar-refractivity contribution in [3.63, 3.8) is 0 Å². The minimum Gasteiger partial charge on any atom is -0.481 e. The molecule has 0 aromatic rings. The molecule has 1 unspecified atom stereocenters. The van der Waals surface area contributed by atoms with Crippen LogP contribution in [-0.4, -0.2) is 41.5 Å². The first-order valence-electron chi connectivity index (χ1n) is 19.4. The molecule has 5 heteroatoms. The Labute approximate surface area is 274 Å². The number of hydrogen-bond donors (Lipinski definition) is 2. The lowest BCUT2D eigenvalue weighted by molar-refractivity contribution is -0.142. The summed E-state index contributed by atoms with van der Waals surface area (Å²) in [6, 6.07) is 0. The van der Waals surface area contributed by atoms with E-state index in [0.717, 1.165) is 51.5 Å². The van der Waals surface area contributed by atoms with Crippen molar-refractivity contribution >= 4 is 11.9 Å². The van der Waals surface area contributed by atoms with Gasteiger partial charge in [-0.05, 0) is 51.4 Å². The van der Waals surface area contributed by atoms with E-state index < -0.39 is 5.97 Å². The van der Waals surface area contributed by atoms with E-state index in [-0.39, 0.29) is 18.4 Å². The first kappa shape index (κ1) is 42.6. The van der Waals surface area contributed by atoms with Crippen LogP contribution in [0.25, 0.3) is 0 Å². The molecule has 0 aromatic carbocycles. The summed E-state index contributed by atoms with van der Waals surface area (Å²) in [5, 5.41) is 9.68. The second-order valence-corrected chi connectivity index (χ2v) is 13.4. The molecule has 0 aromatic heterocycles. The number of nitrogens with zero attached hydrogens (tertiary/aromatic N) is 1. The van der Waals surface area contributed by atoms with Crippen LogP contribution in [0.3, 0.4) is 0 Å². The monoisotopic (exact) mass is 621 g/mol. The third kappa shape index (κ3) is 29.4. The van der Waals surface area contributed by atoms with E-state index in [4.69, 9.17) is 5.73 Å². The Balaban J connectivity index is 3.86. The van der Waals surface area contributed by atoms with Crippen LogP contribution in [0, 0.1) is 5.92 Å². The fraction of sp³-hybridized carbons (Fsp3) is 0.897. The zero-order valence-electron chi connectivity index (χ0n) is 29.6. The lowest BCUT2D eigenvalue weighted by atomic mass is 9.95. The van der Waals surface area contributed by atoms with Gasteiger partial charge in [0.05, 0.1) is 12.5 Å². The summed E-state index contributed by atoms with van der Waals surface area (Å²) >= 11 is 0. The van der Waals surface area contributed by atoms with Crippen LogP contribution in [0.2, 0.25) is 0 Å². The second kappa shape index (κ2) is 34.5. The molecule has 44 heavy (non-hydrogen) atoms. The third-order valence-corrected chi connectivity index (χ3v) is 9.20. The van der Waals surface area contributed by atoms with Crippen molar-refractivity contribution in [2.45, 2.75) is 200 Å². The highest BCUT2D eigenvalue weighted by Gasteiger charge is 2.17. The van der Waals surface area contributed by atoms with Crippen LogP contribution in [0.5, 0.6) is 0 Å². The van der Waals surface area contributed by atoms with E-state index in [0.29, 0.717) is 13.0 Å². The quantitative estimate of drug-likeness (QED) is 0.0545. The molecule has 0 bridgehead atoms. The molecule has 0 rings (SSSR count). The van der Waals surface area contributed by atoms with Crippen molar-refractivity contribution in [1.29, 1.82) is 0 Å². The minimum atomic E-state index is -0.677. The van der Waals surface area contributed by atoms with E-state index in [2.05, 4.69) is 26.0 Å². The second-order valence-electron chi connectivity index (χ2n) is 13.4. The number of allylic oxidation sites excluding steroid dienone is 2. The van der Waals surface area contributed by atoms with E-state index in [1.165, 1.54) is 135 Å². The van der Waals surface area contributed by atoms with Gasteiger partial charge in [-0.15, -0.1) is 0 Å². The molecule has 3 N–H and O–H groups in total. The van der Waals surface area contributed by atoms with Crippen molar-refractivity contribution in [3.05, 3.63) is 12.2 Å². The summed E-state index contributed by atoms with van der Waals surface area (Å²) in [5.74, 6) is -0.932. The lowest BCUT2D eigenvalue weighted by Gasteiger charge is -2.22. The van der Waals surface area contributed by atoms with Crippen molar-refractivity contribution in [2.75, 3.05) is 19.6 Å². The van der Waals surface area contributed by atoms with Crippen LogP contribution < -0.4 is 5.73 Å². The summed E-state index contributed by atoms with van der Waals surface area (Å²) in [6.07, 6.45) is 40.1. The maximum atomic E-state index is 12.4. The summed E-state index contributed by atoms with van der Waals surface area (Å²) in [4.78, 5) is 26.1. The average molecular weight is 621 g/mol. The number of nitrogens with two attached hydrogens (primary N) is 1. The molecule has 5 nitrogen and oxygen atoms in total. The molecule has 0 heterocycles. The van der Waals surface area contributed by atoms with E-state index in [1.54, 1.807) is 0 Å². The molecular formula is C39H76N2O3. The van der Waals surface area contributed by atoms with Crippen molar-refractivity contribution < 1.29 is 14.7 Å². The minimum absolute atomic E-state index is 0.0218. The molecule has 0 radical (unpaired) electrons. The van der Waals surface area contributed by atoms with Gasteiger partial charge in [0.15, 0.2) is 0 Å². The average Bonchev–Trinajstić information content (AvgIpc) is 3.02. The maximum absolute atomic E-state index is 12.4. The Morgan fingerprint density at radius 1 is 0.545 bits per heavy atom. The third-order valence-electron chi connectivity index (χ3n) is 9.20. The Hall–Kier alpha value is -1.36. The number of hydrogen-bond acceptors (Lipinski definition) is 3. The zero-order valence-corrected chi connectivity index (χ0v) is 29.6. The van der Waals surface area contributed by atoms with E-state index in [1.807, 2.05) is 4.90 Å². The summed E-state index contributed by atoms with van der Waals surface area (Å²) in [5.41, 5.74) is 5.68. The molecule has 0 aliphatic rings. The topological polar surface area (TPSA) is 83.6 Å². The molecule has 1 atom stereocenters. The van der Waals surface area contributed by atoms with Crippen molar-refractivity contribution in [2.24, 2.45) is 11.7 Å². The van der Waals surface area contributed by atoms with Gasteiger partial charge in [-0.25, -0.2) is 0 Å². The zero-order chi connectivity index (χ0) is 32.4. The fourth-order valence-electron chi connectivity index (χ4n) is 6.19. The van der Waals surface area contributed by atoms with E-state index >= 15 is 0 Å². The highest BCUT2D eigenvalue weighted by atomic mass is 16.4. The SMILES string of the molecule is CCCCCCCC/C=C/CCCC(CCCCN(CCCCCCCCCCCCCCCCCC)C(=O)CN)C(=O)O. The number of carboxylic acid groups (broad SMARTS) is 1. The first-order valence-corrected chi connectivity index (χ1v) is 19.4. The van der Waals surface area contributed by atoms with Crippen LogP contribution in [0.4, 0.5) is 0 Å². The first-order chi connectivity index (χ1) is 21.6. The molecule has 0 fully saturated rings. The predicted octanol–water partition coefficient (Wildman–Crippen LogP) is 11.4. The number of carboxylic acids is 1. The van der Waals surface area contributed by atoms with Gasteiger partial charge in [-0.2, -0.15) is 0 Å². The van der Waals surface area contributed by atoms with Gasteiger partial charge in [0.1, 0.15) is 0 Å². The van der Waals surface area contributed by atoms with Gasteiger partial charge in [-0.3, -0.25) is 9.59 Å². The van der Waals surface area contributed by atoms with E-state index in [9.17, 15) is 14.7 Å². The lowest BCUT2D eigenvalue weighted by Crippen LogP contribution is -2.37. The summed E-state index contributed by atoms with van der Waals surface area (Å²) < 4.78 is 0. The summed E-state index contributed by atoms with van der Waals surface area (Å²) in [6.45, 7) is 6.06. The number of carbonyl (C=O) groups is 2. The van der Waals surface area contributed by atoms with Gasteiger partial charge in [-0.1, -0.05) is 161 Å². The van der Waals surface area contributed by atoms with Crippen molar-refractivity contribution in [1.82, 2.24) is 4.90 Å². The number of amides is 1. The van der Waals surface area contributed by atoms with Gasteiger partial charge in [0, 0.05) is 13.1 Å². The molecular weight excluding hydrogens is 544 g/mol. The number of carbonyl (C=O) groups excluding carboxylic acids is 1. The molecule has 0 aliphatic carbocycles. The van der Waals surface area contributed by atoms with Gasteiger partial charge in [0.25, 0.3) is 0 Å². The largest absolute Gasteiger partial charge is 0.481 e. The molecule has 0 spiro atoms. The Bertz CT molecular complexity index is 651. The highest BCUT2D eigenvalue weighted by Crippen LogP contribution is 2.18. The van der Waals surface area contributed by atoms with Crippen molar-refractivity contribution in [3.8, 4) is 0 Å². The van der Waals surface area contributed by atoms with Gasteiger partial charge >= 0.3 is 5.97 Å². The standard InChI is InChI=1S/C39H76N2O3/c1-3-5-7-9-11-13-15-16-17-18-19-21-23-25-27-30-34-41(38(42)36-40)35-31-29-33-37(39(43)44)32-28-26-24-22-20-14-12-10-8-6-4-2/h22,24,37H,3-21,23,25-36,40H2,1-2H3,(H,43,44)/b24-22+. The normalized spacial score (nSPS) is 12.2. The molecule has 1 amide bonds. The molecule has 0 aliphatic heterocycles. The van der Waals surface area contributed by atoms with Gasteiger partial charge in [0.2, 0.25) is 5.91 Å². The fourth-order valence-corrected chi connectivity index (χ4v) is 6.19. The highest BCUT2D eigenvalue weighted by molar-refractivity contribution is 5.77. The summed E-state index contributed by atoms with van der Waals surface area (Å²) in [7, 11) is 0. The smallest absolute Gasteiger partial charge is 0.306 e. The van der Waals surface area contributed by atoms with Crippen LogP contribution in [0.15, 0.2) is 12.2 Å². The van der Waals surface area contributed by atoms with Crippen LogP contribution in [-0.2, 0) is 9.59 Å². The van der Waals surface area contributed by atoms with Gasteiger partial charge < -0.3 is 15.7 Å². The molecule has 0 saturated heterocycles. The molecule has 0 saturated carbocycles. The Kier molecular flexibility index (Phi) is 33.4. The number of aliphatic carboxylic acids is 1. The Morgan fingerprint density at radius 2 is 0.909 bits per heavy atom. The van der Waals surface area contributed by atoms with Crippen LogP contribution in [0.1, 0.15) is 200 Å². The molecule has 260 valence electrons. The van der Waals surface area contributed by atoms with Crippen LogP contribution >= 0.6 is 0 Å². The maximum Gasteiger partial charge on any atom is 0.306 e. The number of unbranched alkanes of at least 4 members (excludes halogenated alkanes) is 23. The Morgan fingerprint density at radius 3 is 1.34 bits per heavy atom. The predicted molar refractivity (Wildman–Crippen MR) is 191 cm³/mol.